The van der Waals surface area contributed by atoms with E-state index >= 15 is 0 Å². The van der Waals surface area contributed by atoms with Gasteiger partial charge in [-0.15, -0.1) is 0 Å². The first-order chi connectivity index (χ1) is 12.5. The Morgan fingerprint density at radius 1 is 1.19 bits per heavy atom. The summed E-state index contributed by atoms with van der Waals surface area (Å²) in [6.07, 6.45) is 2.41. The first kappa shape index (κ1) is 19.0. The standard InChI is InChI=1S/C19H23ClN2O3S/c1-25-18-6-4-12-22(13-18)17-10-8-16(9-11-17)21-26(23,24)14-15-5-2-3-7-19(15)20/h2-3,5,7-11,18,21H,4,6,12-14H2,1H3. The highest BCUT2D eigenvalue weighted by molar-refractivity contribution is 7.91. The van der Waals surface area contributed by atoms with Gasteiger partial charge in [-0.1, -0.05) is 29.8 Å². The number of nitrogens with one attached hydrogen (secondary N) is 1. The molecule has 2 aromatic rings. The largest absolute Gasteiger partial charge is 0.380 e. The molecule has 1 atom stereocenters. The molecule has 0 saturated carbocycles. The van der Waals surface area contributed by atoms with E-state index < -0.39 is 10.0 Å². The van der Waals surface area contributed by atoms with Gasteiger partial charge in [0.15, 0.2) is 0 Å². The van der Waals surface area contributed by atoms with Crippen LogP contribution in [0.1, 0.15) is 18.4 Å². The fraction of sp³-hybridized carbons (Fsp3) is 0.368. The molecule has 1 aliphatic heterocycles. The number of piperidine rings is 1. The third-order valence-corrected chi connectivity index (χ3v) is 6.13. The van der Waals surface area contributed by atoms with Gasteiger partial charge in [-0.05, 0) is 48.7 Å². The van der Waals surface area contributed by atoms with Crippen molar-refractivity contribution in [1.82, 2.24) is 0 Å². The molecule has 2 aromatic carbocycles. The minimum absolute atomic E-state index is 0.157. The highest BCUT2D eigenvalue weighted by Gasteiger charge is 2.20. The predicted molar refractivity (Wildman–Crippen MR) is 106 cm³/mol. The SMILES string of the molecule is COC1CCCN(c2ccc(NS(=O)(=O)Cc3ccccc3Cl)cc2)C1. The van der Waals surface area contributed by atoms with Crippen molar-refractivity contribution in [3.05, 3.63) is 59.1 Å². The zero-order chi connectivity index (χ0) is 18.6. The number of methoxy groups -OCH3 is 1. The molecule has 0 radical (unpaired) electrons. The Bertz CT molecular complexity index is 840. The summed E-state index contributed by atoms with van der Waals surface area (Å²) in [5.74, 6) is -0.157. The summed E-state index contributed by atoms with van der Waals surface area (Å²) in [5, 5.41) is 0.450. The number of hydrogen-bond acceptors (Lipinski definition) is 4. The molecule has 1 saturated heterocycles. The van der Waals surface area contributed by atoms with Crippen LogP contribution in [-0.4, -0.2) is 34.7 Å². The highest BCUT2D eigenvalue weighted by atomic mass is 35.5. The van der Waals surface area contributed by atoms with E-state index in [-0.39, 0.29) is 11.9 Å². The van der Waals surface area contributed by atoms with Gasteiger partial charge in [0.05, 0.1) is 11.9 Å². The van der Waals surface area contributed by atoms with Crippen molar-refractivity contribution >= 4 is 33.0 Å². The Morgan fingerprint density at radius 3 is 2.62 bits per heavy atom. The van der Waals surface area contributed by atoms with Crippen LogP contribution in [0.25, 0.3) is 0 Å². The fourth-order valence-electron chi connectivity index (χ4n) is 3.14. The second-order valence-electron chi connectivity index (χ2n) is 6.45. The van der Waals surface area contributed by atoms with Crippen molar-refractivity contribution in [3.63, 3.8) is 0 Å². The molecule has 0 bridgehead atoms. The normalized spacial score (nSPS) is 17.9. The molecule has 0 aliphatic carbocycles. The monoisotopic (exact) mass is 394 g/mol. The first-order valence-corrected chi connectivity index (χ1v) is 10.6. The minimum atomic E-state index is -3.53. The van der Waals surface area contributed by atoms with Crippen LogP contribution in [0, 0.1) is 0 Å². The molecule has 1 unspecified atom stereocenters. The smallest absolute Gasteiger partial charge is 0.236 e. The van der Waals surface area contributed by atoms with Gasteiger partial charge in [-0.2, -0.15) is 0 Å². The number of sulfonamides is 1. The van der Waals surface area contributed by atoms with E-state index in [1.807, 2.05) is 12.1 Å². The Morgan fingerprint density at radius 2 is 1.92 bits per heavy atom. The third-order valence-electron chi connectivity index (χ3n) is 4.52. The molecule has 0 aromatic heterocycles. The Hall–Kier alpha value is -1.76. The molecule has 1 heterocycles. The minimum Gasteiger partial charge on any atom is -0.380 e. The van der Waals surface area contributed by atoms with Crippen LogP contribution in [0.15, 0.2) is 48.5 Å². The quantitative estimate of drug-likeness (QED) is 0.807. The van der Waals surface area contributed by atoms with Crippen LogP contribution in [0.4, 0.5) is 11.4 Å². The summed E-state index contributed by atoms with van der Waals surface area (Å²) < 4.78 is 32.9. The average Bonchev–Trinajstić information content (AvgIpc) is 2.64. The van der Waals surface area contributed by atoms with Gasteiger partial charge in [0.25, 0.3) is 0 Å². The average molecular weight is 395 g/mol. The maximum atomic E-state index is 12.4. The summed E-state index contributed by atoms with van der Waals surface area (Å²) >= 11 is 6.06. The van der Waals surface area contributed by atoms with Gasteiger partial charge < -0.3 is 9.64 Å². The summed E-state index contributed by atoms with van der Waals surface area (Å²) in [6, 6.07) is 14.4. The predicted octanol–water partition coefficient (Wildman–Crippen LogP) is 3.90. The number of halogens is 1. The van der Waals surface area contributed by atoms with Crippen molar-refractivity contribution in [1.29, 1.82) is 0 Å². The number of anilines is 2. The molecule has 0 amide bonds. The van der Waals surface area contributed by atoms with Crippen molar-refractivity contribution in [3.8, 4) is 0 Å². The second kappa shape index (κ2) is 8.29. The van der Waals surface area contributed by atoms with Gasteiger partial charge in [0, 0.05) is 36.6 Å². The molecular formula is C19H23ClN2O3S. The van der Waals surface area contributed by atoms with Gasteiger partial charge in [0.2, 0.25) is 10.0 Å². The lowest BCUT2D eigenvalue weighted by atomic mass is 10.1. The van der Waals surface area contributed by atoms with Crippen molar-refractivity contribution < 1.29 is 13.2 Å². The van der Waals surface area contributed by atoms with Crippen LogP contribution < -0.4 is 9.62 Å². The van der Waals surface area contributed by atoms with Crippen LogP contribution in [0.3, 0.4) is 0 Å². The molecule has 140 valence electrons. The molecule has 1 fully saturated rings. The highest BCUT2D eigenvalue weighted by Crippen LogP contribution is 2.24. The zero-order valence-corrected chi connectivity index (χ0v) is 16.3. The molecule has 5 nitrogen and oxygen atoms in total. The summed E-state index contributed by atoms with van der Waals surface area (Å²) in [4.78, 5) is 2.26. The Kier molecular flexibility index (Phi) is 6.06. The Labute approximate surface area is 160 Å². The lowest BCUT2D eigenvalue weighted by Crippen LogP contribution is -2.39. The van der Waals surface area contributed by atoms with E-state index in [1.54, 1.807) is 43.5 Å². The maximum Gasteiger partial charge on any atom is 0.236 e. The fourth-order valence-corrected chi connectivity index (χ4v) is 4.65. The number of benzene rings is 2. The number of hydrogen-bond donors (Lipinski definition) is 1. The molecule has 26 heavy (non-hydrogen) atoms. The third kappa shape index (κ3) is 4.90. The van der Waals surface area contributed by atoms with Crippen molar-refractivity contribution in [2.45, 2.75) is 24.7 Å². The van der Waals surface area contributed by atoms with E-state index in [0.717, 1.165) is 31.6 Å². The van der Waals surface area contributed by atoms with Crippen LogP contribution in [0.5, 0.6) is 0 Å². The molecule has 3 rings (SSSR count). The molecular weight excluding hydrogens is 372 g/mol. The van der Waals surface area contributed by atoms with Crippen LogP contribution in [-0.2, 0) is 20.5 Å². The summed E-state index contributed by atoms with van der Waals surface area (Å²) in [7, 11) is -1.79. The van der Waals surface area contributed by atoms with Gasteiger partial charge in [0.1, 0.15) is 0 Å². The molecule has 0 spiro atoms. The van der Waals surface area contributed by atoms with Gasteiger partial charge in [-0.25, -0.2) is 8.42 Å². The Balaban J connectivity index is 1.66. The topological polar surface area (TPSA) is 58.6 Å². The zero-order valence-electron chi connectivity index (χ0n) is 14.7. The van der Waals surface area contributed by atoms with Crippen LogP contribution in [0.2, 0.25) is 5.02 Å². The van der Waals surface area contributed by atoms with Crippen molar-refractivity contribution in [2.24, 2.45) is 0 Å². The van der Waals surface area contributed by atoms with E-state index in [0.29, 0.717) is 16.3 Å². The molecule has 7 heteroatoms. The number of ether oxygens (including phenoxy) is 1. The molecule has 1 N–H and O–H groups in total. The van der Waals surface area contributed by atoms with Gasteiger partial charge in [-0.3, -0.25) is 4.72 Å². The van der Waals surface area contributed by atoms with E-state index in [1.165, 1.54) is 0 Å². The van der Waals surface area contributed by atoms with E-state index in [2.05, 4.69) is 9.62 Å². The number of nitrogens with zero attached hydrogens (tertiary/aromatic N) is 1. The van der Waals surface area contributed by atoms with E-state index in [4.69, 9.17) is 16.3 Å². The number of rotatable bonds is 6. The maximum absolute atomic E-state index is 12.4. The van der Waals surface area contributed by atoms with E-state index in [9.17, 15) is 8.42 Å². The lowest BCUT2D eigenvalue weighted by molar-refractivity contribution is 0.0893. The lowest BCUT2D eigenvalue weighted by Gasteiger charge is -2.33. The molecule has 1 aliphatic rings. The van der Waals surface area contributed by atoms with Crippen molar-refractivity contribution in [2.75, 3.05) is 29.8 Å². The first-order valence-electron chi connectivity index (χ1n) is 8.58. The summed E-state index contributed by atoms with van der Waals surface area (Å²) in [5.41, 5.74) is 2.19. The van der Waals surface area contributed by atoms with Crippen LogP contribution >= 0.6 is 11.6 Å². The second-order valence-corrected chi connectivity index (χ2v) is 8.57. The summed E-state index contributed by atoms with van der Waals surface area (Å²) in [6.45, 7) is 1.84. The van der Waals surface area contributed by atoms with Gasteiger partial charge >= 0.3 is 0 Å².